The van der Waals surface area contributed by atoms with Gasteiger partial charge in [0.2, 0.25) is 0 Å². The van der Waals surface area contributed by atoms with E-state index in [1.807, 2.05) is 13.8 Å². The van der Waals surface area contributed by atoms with Gasteiger partial charge in [-0.25, -0.2) is 0 Å². The Morgan fingerprint density at radius 2 is 2.08 bits per heavy atom. The van der Waals surface area contributed by atoms with E-state index in [0.717, 1.165) is 19.3 Å². The van der Waals surface area contributed by atoms with Gasteiger partial charge in [-0.15, -0.1) is 0 Å². The van der Waals surface area contributed by atoms with E-state index < -0.39 is 5.97 Å². The summed E-state index contributed by atoms with van der Waals surface area (Å²) in [6, 6.07) is 0. The second-order valence-electron chi connectivity index (χ2n) is 4.10. The first-order chi connectivity index (χ1) is 5.89. The van der Waals surface area contributed by atoms with Gasteiger partial charge in [-0.1, -0.05) is 6.92 Å². The molecule has 1 atom stereocenters. The molecule has 0 radical (unpaired) electrons. The zero-order valence-electron chi connectivity index (χ0n) is 8.96. The van der Waals surface area contributed by atoms with Crippen LogP contribution in [0.15, 0.2) is 0 Å². The summed E-state index contributed by atoms with van der Waals surface area (Å²) in [6.07, 6.45) is 2.53. The summed E-state index contributed by atoms with van der Waals surface area (Å²) in [5.41, 5.74) is -0.127. The average molecular weight is 188 g/mol. The molecule has 3 nitrogen and oxygen atoms in total. The van der Waals surface area contributed by atoms with E-state index in [2.05, 4.69) is 0 Å². The third-order valence-electron chi connectivity index (χ3n) is 2.39. The third kappa shape index (κ3) is 5.64. The van der Waals surface area contributed by atoms with E-state index in [0.29, 0.717) is 0 Å². The number of methoxy groups -OCH3 is 1. The normalized spacial score (nSPS) is 14.2. The molecule has 0 heterocycles. The van der Waals surface area contributed by atoms with Crippen LogP contribution in [0.4, 0.5) is 0 Å². The predicted octanol–water partition coefficient (Wildman–Crippen LogP) is 2.30. The standard InChI is InChI=1S/C10H20O3/c1-8(9(11)12)6-5-7-10(2,3)13-4/h8H,5-7H2,1-4H3,(H,11,12). The Morgan fingerprint density at radius 3 is 2.46 bits per heavy atom. The average Bonchev–Trinajstić information content (AvgIpc) is 2.04. The van der Waals surface area contributed by atoms with Crippen molar-refractivity contribution in [3.63, 3.8) is 0 Å². The molecule has 0 aromatic rings. The first-order valence-corrected chi connectivity index (χ1v) is 4.67. The van der Waals surface area contributed by atoms with Gasteiger partial charge in [0.15, 0.2) is 0 Å². The van der Waals surface area contributed by atoms with Crippen LogP contribution in [0.1, 0.15) is 40.0 Å². The molecule has 0 aliphatic rings. The monoisotopic (exact) mass is 188 g/mol. The molecule has 1 unspecified atom stereocenters. The number of hydrogen-bond donors (Lipinski definition) is 1. The van der Waals surface area contributed by atoms with Crippen LogP contribution in [0.5, 0.6) is 0 Å². The molecule has 13 heavy (non-hydrogen) atoms. The second kappa shape index (κ2) is 5.22. The largest absolute Gasteiger partial charge is 0.481 e. The highest BCUT2D eigenvalue weighted by atomic mass is 16.5. The van der Waals surface area contributed by atoms with Crippen LogP contribution >= 0.6 is 0 Å². The molecular formula is C10H20O3. The Balaban J connectivity index is 3.62. The maximum atomic E-state index is 10.5. The molecule has 0 fully saturated rings. The Morgan fingerprint density at radius 1 is 1.54 bits per heavy atom. The molecule has 0 aromatic carbocycles. The molecule has 0 aliphatic heterocycles. The van der Waals surface area contributed by atoms with Crippen molar-refractivity contribution < 1.29 is 14.6 Å². The minimum atomic E-state index is -0.713. The van der Waals surface area contributed by atoms with E-state index in [1.165, 1.54) is 0 Å². The van der Waals surface area contributed by atoms with E-state index in [4.69, 9.17) is 9.84 Å². The van der Waals surface area contributed by atoms with Gasteiger partial charge in [-0.3, -0.25) is 4.79 Å². The lowest BCUT2D eigenvalue weighted by Crippen LogP contribution is -2.22. The fourth-order valence-electron chi connectivity index (χ4n) is 1.06. The van der Waals surface area contributed by atoms with Gasteiger partial charge in [0.1, 0.15) is 0 Å². The number of carbonyl (C=O) groups is 1. The van der Waals surface area contributed by atoms with Gasteiger partial charge in [0.25, 0.3) is 0 Å². The van der Waals surface area contributed by atoms with Gasteiger partial charge in [0, 0.05) is 7.11 Å². The van der Waals surface area contributed by atoms with Gasteiger partial charge in [-0.2, -0.15) is 0 Å². The first kappa shape index (κ1) is 12.4. The van der Waals surface area contributed by atoms with Gasteiger partial charge in [0.05, 0.1) is 11.5 Å². The van der Waals surface area contributed by atoms with Gasteiger partial charge >= 0.3 is 5.97 Å². The number of carboxylic acid groups (broad SMARTS) is 1. The van der Waals surface area contributed by atoms with Crippen LogP contribution in [-0.2, 0) is 9.53 Å². The van der Waals surface area contributed by atoms with Crippen molar-refractivity contribution >= 4 is 5.97 Å². The molecule has 0 aliphatic carbocycles. The Kier molecular flexibility index (Phi) is 4.99. The lowest BCUT2D eigenvalue weighted by molar-refractivity contribution is -0.141. The summed E-state index contributed by atoms with van der Waals surface area (Å²) >= 11 is 0. The second-order valence-corrected chi connectivity index (χ2v) is 4.10. The molecular weight excluding hydrogens is 168 g/mol. The van der Waals surface area contributed by atoms with E-state index in [9.17, 15) is 4.79 Å². The van der Waals surface area contributed by atoms with Gasteiger partial charge in [-0.05, 0) is 33.1 Å². The molecule has 0 aromatic heterocycles. The number of rotatable bonds is 6. The van der Waals surface area contributed by atoms with E-state index in [1.54, 1.807) is 14.0 Å². The lowest BCUT2D eigenvalue weighted by Gasteiger charge is -2.22. The predicted molar refractivity (Wildman–Crippen MR) is 51.7 cm³/mol. The Hall–Kier alpha value is -0.570. The highest BCUT2D eigenvalue weighted by Crippen LogP contribution is 2.18. The lowest BCUT2D eigenvalue weighted by atomic mass is 9.97. The maximum Gasteiger partial charge on any atom is 0.306 e. The van der Waals surface area contributed by atoms with Gasteiger partial charge < -0.3 is 9.84 Å². The summed E-state index contributed by atoms with van der Waals surface area (Å²) in [5, 5.41) is 8.64. The summed E-state index contributed by atoms with van der Waals surface area (Å²) in [7, 11) is 1.68. The van der Waals surface area contributed by atoms with Crippen molar-refractivity contribution in [2.24, 2.45) is 5.92 Å². The Labute approximate surface area is 80.1 Å². The van der Waals surface area contributed by atoms with Crippen molar-refractivity contribution in [3.8, 4) is 0 Å². The molecule has 3 heteroatoms. The molecule has 1 N–H and O–H groups in total. The third-order valence-corrected chi connectivity index (χ3v) is 2.39. The fourth-order valence-corrected chi connectivity index (χ4v) is 1.06. The molecule has 78 valence electrons. The minimum Gasteiger partial charge on any atom is -0.481 e. The topological polar surface area (TPSA) is 46.5 Å². The quantitative estimate of drug-likeness (QED) is 0.695. The van der Waals surface area contributed by atoms with Crippen molar-refractivity contribution in [2.45, 2.75) is 45.6 Å². The molecule has 0 bridgehead atoms. The number of carboxylic acids is 1. The number of aliphatic carboxylic acids is 1. The van der Waals surface area contributed by atoms with Crippen LogP contribution < -0.4 is 0 Å². The first-order valence-electron chi connectivity index (χ1n) is 4.67. The summed E-state index contributed by atoms with van der Waals surface area (Å²) in [4.78, 5) is 10.5. The summed E-state index contributed by atoms with van der Waals surface area (Å²) < 4.78 is 5.23. The van der Waals surface area contributed by atoms with Crippen molar-refractivity contribution in [3.05, 3.63) is 0 Å². The summed E-state index contributed by atoms with van der Waals surface area (Å²) in [6.45, 7) is 5.76. The zero-order valence-corrected chi connectivity index (χ0v) is 8.96. The minimum absolute atomic E-state index is 0.127. The molecule has 0 saturated carbocycles. The molecule has 0 saturated heterocycles. The number of ether oxygens (including phenoxy) is 1. The van der Waals surface area contributed by atoms with Crippen molar-refractivity contribution in [1.29, 1.82) is 0 Å². The van der Waals surface area contributed by atoms with Crippen molar-refractivity contribution in [2.75, 3.05) is 7.11 Å². The molecule has 0 spiro atoms. The smallest absolute Gasteiger partial charge is 0.306 e. The van der Waals surface area contributed by atoms with Crippen LogP contribution in [0.3, 0.4) is 0 Å². The molecule has 0 amide bonds. The van der Waals surface area contributed by atoms with Crippen LogP contribution in [-0.4, -0.2) is 23.8 Å². The summed E-state index contributed by atoms with van der Waals surface area (Å²) in [5.74, 6) is -0.956. The Bertz CT molecular complexity index is 164. The SMILES string of the molecule is COC(C)(C)CCCC(C)C(=O)O. The van der Waals surface area contributed by atoms with Crippen LogP contribution in [0.2, 0.25) is 0 Å². The van der Waals surface area contributed by atoms with Crippen LogP contribution in [0.25, 0.3) is 0 Å². The highest BCUT2D eigenvalue weighted by molar-refractivity contribution is 5.69. The molecule has 0 rings (SSSR count). The van der Waals surface area contributed by atoms with Crippen molar-refractivity contribution in [1.82, 2.24) is 0 Å². The van der Waals surface area contributed by atoms with Crippen LogP contribution in [0, 0.1) is 5.92 Å². The maximum absolute atomic E-state index is 10.5. The highest BCUT2D eigenvalue weighted by Gasteiger charge is 2.17. The number of hydrogen-bond acceptors (Lipinski definition) is 2. The van der Waals surface area contributed by atoms with E-state index >= 15 is 0 Å². The fraction of sp³-hybridized carbons (Fsp3) is 0.900. The van der Waals surface area contributed by atoms with E-state index in [-0.39, 0.29) is 11.5 Å². The zero-order chi connectivity index (χ0) is 10.5.